The van der Waals surface area contributed by atoms with Crippen LogP contribution in [0.3, 0.4) is 0 Å². The van der Waals surface area contributed by atoms with Crippen LogP contribution in [0.4, 0.5) is 0 Å². The van der Waals surface area contributed by atoms with Gasteiger partial charge in [-0.3, -0.25) is 4.79 Å². The molecule has 1 amide bonds. The maximum Gasteiger partial charge on any atom is 0.295 e. The first-order chi connectivity index (χ1) is 7.80. The molecular weight excluding hydrogens is 216 g/mol. The fraction of sp³-hybridized carbons (Fsp3) is 0.462. The number of hydrogen-bond acceptors (Lipinski definition) is 2. The largest absolute Gasteiger partial charge is 0.387 e. The van der Waals surface area contributed by atoms with Crippen LogP contribution in [0.2, 0.25) is 0 Å². The van der Waals surface area contributed by atoms with E-state index in [1.165, 1.54) is 0 Å². The molecule has 1 rings (SSSR count). The Labute approximate surface area is 102 Å². The van der Waals surface area contributed by atoms with E-state index >= 15 is 0 Å². The van der Waals surface area contributed by atoms with Crippen LogP contribution in [0.1, 0.15) is 22.8 Å². The highest BCUT2D eigenvalue weighted by molar-refractivity contribution is 5.93. The van der Waals surface area contributed by atoms with Crippen LogP contribution in [0.25, 0.3) is 0 Å². The zero-order valence-electron chi connectivity index (χ0n) is 10.9. The van der Waals surface area contributed by atoms with Crippen LogP contribution in [-0.4, -0.2) is 42.3 Å². The van der Waals surface area contributed by atoms with Gasteiger partial charge in [0.2, 0.25) is 0 Å². The summed E-state index contributed by atoms with van der Waals surface area (Å²) < 4.78 is 0.254. The van der Waals surface area contributed by atoms with Crippen molar-refractivity contribution in [3.05, 3.63) is 35.4 Å². The van der Waals surface area contributed by atoms with Crippen LogP contribution in [0.15, 0.2) is 24.3 Å². The van der Waals surface area contributed by atoms with Crippen molar-refractivity contribution in [3.8, 4) is 0 Å². The highest BCUT2D eigenvalue weighted by Crippen LogP contribution is 2.04. The SMILES string of the molecule is Cc1ccc(C(=O)N[N+](C)(C)CC(C)O)cc1. The molecule has 0 heterocycles. The first kappa shape index (κ1) is 13.7. The van der Waals surface area contributed by atoms with Gasteiger partial charge >= 0.3 is 0 Å². The molecule has 1 aromatic carbocycles. The van der Waals surface area contributed by atoms with Crippen LogP contribution in [0, 0.1) is 6.92 Å². The van der Waals surface area contributed by atoms with Crippen molar-refractivity contribution in [1.29, 1.82) is 0 Å². The molecule has 4 heteroatoms. The number of likely N-dealkylation sites (N-methyl/N-ethyl adjacent to an activating group) is 1. The average Bonchev–Trinajstić information content (AvgIpc) is 2.15. The maximum atomic E-state index is 11.9. The zero-order chi connectivity index (χ0) is 13.1. The minimum atomic E-state index is -0.455. The smallest absolute Gasteiger partial charge is 0.295 e. The van der Waals surface area contributed by atoms with Gasteiger partial charge in [0.05, 0.1) is 14.1 Å². The molecule has 94 valence electrons. The van der Waals surface area contributed by atoms with Crippen molar-refractivity contribution in [1.82, 2.24) is 5.43 Å². The summed E-state index contributed by atoms with van der Waals surface area (Å²) in [5.74, 6) is -0.129. The predicted octanol–water partition coefficient (Wildman–Crippen LogP) is 1.10. The maximum absolute atomic E-state index is 11.9. The number of carbonyl (C=O) groups is 1. The van der Waals surface area contributed by atoms with Crippen molar-refractivity contribution >= 4 is 5.91 Å². The molecule has 0 aromatic heterocycles. The van der Waals surface area contributed by atoms with Gasteiger partial charge < -0.3 is 5.11 Å². The summed E-state index contributed by atoms with van der Waals surface area (Å²) >= 11 is 0. The lowest BCUT2D eigenvalue weighted by Gasteiger charge is -2.30. The minimum Gasteiger partial charge on any atom is -0.387 e. The molecular formula is C13H21N2O2+. The molecule has 1 unspecified atom stereocenters. The number of benzene rings is 1. The van der Waals surface area contributed by atoms with Gasteiger partial charge in [0, 0.05) is 5.56 Å². The normalized spacial score (nSPS) is 13.2. The Hall–Kier alpha value is -1.39. The second-order valence-electron chi connectivity index (χ2n) is 5.02. The van der Waals surface area contributed by atoms with Gasteiger partial charge in [0.25, 0.3) is 5.91 Å². The van der Waals surface area contributed by atoms with Crippen molar-refractivity contribution < 1.29 is 14.5 Å². The fourth-order valence-electron chi connectivity index (χ4n) is 1.75. The van der Waals surface area contributed by atoms with Gasteiger partial charge in [-0.1, -0.05) is 17.7 Å². The quantitative estimate of drug-likeness (QED) is 0.608. The number of carbonyl (C=O) groups excluding carboxylic acids is 1. The van der Waals surface area contributed by atoms with E-state index in [9.17, 15) is 9.90 Å². The van der Waals surface area contributed by atoms with Gasteiger partial charge in [0.15, 0.2) is 0 Å². The number of nitrogens with one attached hydrogen (secondary N) is 1. The summed E-state index contributed by atoms with van der Waals surface area (Å²) in [6.45, 7) is 4.16. The Balaban J connectivity index is 2.69. The average molecular weight is 237 g/mol. The zero-order valence-corrected chi connectivity index (χ0v) is 10.9. The summed E-state index contributed by atoms with van der Waals surface area (Å²) in [6, 6.07) is 7.41. The third-order valence-electron chi connectivity index (χ3n) is 2.44. The van der Waals surface area contributed by atoms with E-state index in [1.54, 1.807) is 19.1 Å². The molecule has 1 atom stereocenters. The van der Waals surface area contributed by atoms with E-state index < -0.39 is 6.10 Å². The third kappa shape index (κ3) is 4.54. The molecule has 0 saturated heterocycles. The molecule has 4 nitrogen and oxygen atoms in total. The molecule has 1 aromatic rings. The number of aryl methyl sites for hydroxylation is 1. The van der Waals surface area contributed by atoms with Crippen molar-refractivity contribution in [2.75, 3.05) is 20.6 Å². The van der Waals surface area contributed by atoms with E-state index in [4.69, 9.17) is 0 Å². The van der Waals surface area contributed by atoms with Gasteiger partial charge in [-0.05, 0) is 26.0 Å². The summed E-state index contributed by atoms with van der Waals surface area (Å²) in [4.78, 5) is 11.9. The van der Waals surface area contributed by atoms with Crippen LogP contribution in [0.5, 0.6) is 0 Å². The van der Waals surface area contributed by atoms with Crippen molar-refractivity contribution in [2.45, 2.75) is 20.0 Å². The van der Waals surface area contributed by atoms with Crippen molar-refractivity contribution in [2.24, 2.45) is 0 Å². The Kier molecular flexibility index (Phi) is 4.26. The van der Waals surface area contributed by atoms with E-state index in [0.29, 0.717) is 12.1 Å². The molecule has 2 N–H and O–H groups in total. The third-order valence-corrected chi connectivity index (χ3v) is 2.44. The number of nitrogens with zero attached hydrogens (tertiary/aromatic N) is 1. The lowest BCUT2D eigenvalue weighted by atomic mass is 10.1. The predicted molar refractivity (Wildman–Crippen MR) is 67.3 cm³/mol. The molecule has 0 spiro atoms. The number of amides is 1. The number of aliphatic hydroxyl groups excluding tert-OH is 1. The van der Waals surface area contributed by atoms with E-state index in [0.717, 1.165) is 5.56 Å². The molecule has 0 fully saturated rings. The lowest BCUT2D eigenvalue weighted by molar-refractivity contribution is -0.927. The molecule has 0 aliphatic heterocycles. The second-order valence-corrected chi connectivity index (χ2v) is 5.02. The van der Waals surface area contributed by atoms with Crippen LogP contribution >= 0.6 is 0 Å². The van der Waals surface area contributed by atoms with Gasteiger partial charge in [0.1, 0.15) is 12.6 Å². The first-order valence-corrected chi connectivity index (χ1v) is 5.70. The molecule has 17 heavy (non-hydrogen) atoms. The van der Waals surface area contributed by atoms with E-state index in [2.05, 4.69) is 5.43 Å². The summed E-state index contributed by atoms with van der Waals surface area (Å²) in [5.41, 5.74) is 4.62. The van der Waals surface area contributed by atoms with Crippen LogP contribution < -0.4 is 5.43 Å². The molecule has 0 saturated carbocycles. The Morgan fingerprint density at radius 3 is 2.35 bits per heavy atom. The second kappa shape index (κ2) is 5.29. The molecule has 0 aliphatic rings. The highest BCUT2D eigenvalue weighted by atomic mass is 16.3. The molecule has 0 radical (unpaired) electrons. The summed E-state index contributed by atoms with van der Waals surface area (Å²) in [7, 11) is 3.69. The highest BCUT2D eigenvalue weighted by Gasteiger charge is 2.21. The number of aliphatic hydroxyl groups is 1. The molecule has 0 bridgehead atoms. The fourth-order valence-corrected chi connectivity index (χ4v) is 1.75. The topological polar surface area (TPSA) is 49.3 Å². The van der Waals surface area contributed by atoms with Gasteiger partial charge in [-0.2, -0.15) is 5.43 Å². The number of rotatable bonds is 4. The number of quaternary nitrogens is 1. The van der Waals surface area contributed by atoms with Gasteiger partial charge in [-0.25, -0.2) is 4.59 Å². The summed E-state index contributed by atoms with van der Waals surface area (Å²) in [5, 5.41) is 9.34. The number of hydrogen-bond donors (Lipinski definition) is 2. The minimum absolute atomic E-state index is 0.129. The lowest BCUT2D eigenvalue weighted by Crippen LogP contribution is -2.57. The first-order valence-electron chi connectivity index (χ1n) is 5.70. The summed E-state index contributed by atoms with van der Waals surface area (Å²) in [6.07, 6.45) is -0.455. The van der Waals surface area contributed by atoms with Crippen molar-refractivity contribution in [3.63, 3.8) is 0 Å². The molecule has 0 aliphatic carbocycles. The van der Waals surface area contributed by atoms with E-state index in [1.807, 2.05) is 33.2 Å². The Morgan fingerprint density at radius 1 is 1.35 bits per heavy atom. The van der Waals surface area contributed by atoms with E-state index in [-0.39, 0.29) is 10.5 Å². The van der Waals surface area contributed by atoms with Crippen LogP contribution in [-0.2, 0) is 0 Å². The standard InChI is InChI=1S/C13H20N2O2/c1-10-5-7-12(8-6-10)13(17)14-15(3,4)9-11(2)16/h5-8,11,16H,9H2,1-4H3/p+1. The van der Waals surface area contributed by atoms with Gasteiger partial charge in [-0.15, -0.1) is 0 Å². The monoisotopic (exact) mass is 237 g/mol. The Bertz CT molecular complexity index is 383. The Morgan fingerprint density at radius 2 is 1.88 bits per heavy atom.